The standard InChI is InChI=1S/C20H20N2O2/c1-24-20(23)19-14-22(12-16-5-3-2-4-6-16)13-18(19)17-9-7-15(11-21)8-10-17/h2-10,18-19H,12-14H2,1H3/t18-,19+/m1/s1. The Morgan fingerprint density at radius 2 is 1.88 bits per heavy atom. The van der Waals surface area contributed by atoms with Gasteiger partial charge < -0.3 is 4.74 Å². The highest BCUT2D eigenvalue weighted by Gasteiger charge is 2.39. The Kier molecular flexibility index (Phi) is 4.93. The van der Waals surface area contributed by atoms with Crippen molar-refractivity contribution in [2.45, 2.75) is 12.5 Å². The summed E-state index contributed by atoms with van der Waals surface area (Å²) in [4.78, 5) is 14.5. The lowest BCUT2D eigenvalue weighted by Crippen LogP contribution is -2.24. The predicted octanol–water partition coefficient (Wildman–Crippen LogP) is 2.95. The zero-order valence-electron chi connectivity index (χ0n) is 13.7. The lowest BCUT2D eigenvalue weighted by molar-refractivity contribution is -0.145. The van der Waals surface area contributed by atoms with Crippen molar-refractivity contribution >= 4 is 5.97 Å². The summed E-state index contributed by atoms with van der Waals surface area (Å²) in [5.41, 5.74) is 2.95. The molecule has 122 valence electrons. The second-order valence-electron chi connectivity index (χ2n) is 6.15. The SMILES string of the molecule is COC(=O)[C@H]1CN(Cc2ccccc2)C[C@@H]1c1ccc(C#N)cc1. The van der Waals surface area contributed by atoms with Crippen LogP contribution in [-0.2, 0) is 16.1 Å². The smallest absolute Gasteiger partial charge is 0.310 e. The molecule has 0 unspecified atom stereocenters. The van der Waals surface area contributed by atoms with E-state index >= 15 is 0 Å². The van der Waals surface area contributed by atoms with Gasteiger partial charge in [-0.2, -0.15) is 5.26 Å². The molecule has 4 heteroatoms. The van der Waals surface area contributed by atoms with Gasteiger partial charge in [-0.1, -0.05) is 42.5 Å². The monoisotopic (exact) mass is 320 g/mol. The minimum atomic E-state index is -0.174. The van der Waals surface area contributed by atoms with Crippen LogP contribution in [0.5, 0.6) is 0 Å². The van der Waals surface area contributed by atoms with E-state index in [0.717, 1.165) is 18.7 Å². The van der Waals surface area contributed by atoms with Crippen LogP contribution < -0.4 is 0 Å². The van der Waals surface area contributed by atoms with Gasteiger partial charge in [0.1, 0.15) is 0 Å². The highest BCUT2D eigenvalue weighted by Crippen LogP contribution is 2.34. The largest absolute Gasteiger partial charge is 0.469 e. The van der Waals surface area contributed by atoms with E-state index in [4.69, 9.17) is 10.00 Å². The Bertz CT molecular complexity index is 734. The summed E-state index contributed by atoms with van der Waals surface area (Å²) in [5, 5.41) is 8.95. The first-order valence-electron chi connectivity index (χ1n) is 8.05. The molecule has 0 saturated carbocycles. The van der Waals surface area contributed by atoms with Crippen LogP contribution >= 0.6 is 0 Å². The number of hydrogen-bond donors (Lipinski definition) is 0. The molecule has 1 heterocycles. The van der Waals surface area contributed by atoms with Crippen LogP contribution in [0.25, 0.3) is 0 Å². The zero-order valence-corrected chi connectivity index (χ0v) is 13.7. The summed E-state index contributed by atoms with van der Waals surface area (Å²) in [6.07, 6.45) is 0. The molecular formula is C20H20N2O2. The minimum absolute atomic E-state index is 0.0916. The summed E-state index contributed by atoms with van der Waals surface area (Å²) >= 11 is 0. The number of carbonyl (C=O) groups excluding carboxylic acids is 1. The number of benzene rings is 2. The van der Waals surface area contributed by atoms with E-state index in [9.17, 15) is 4.79 Å². The number of nitriles is 1. The van der Waals surface area contributed by atoms with Crippen molar-refractivity contribution in [3.8, 4) is 6.07 Å². The first-order valence-corrected chi connectivity index (χ1v) is 8.05. The summed E-state index contributed by atoms with van der Waals surface area (Å²) in [6.45, 7) is 2.31. The third kappa shape index (κ3) is 3.47. The van der Waals surface area contributed by atoms with Crippen molar-refractivity contribution in [3.63, 3.8) is 0 Å². The van der Waals surface area contributed by atoms with Crippen molar-refractivity contribution in [2.75, 3.05) is 20.2 Å². The lowest BCUT2D eigenvalue weighted by Gasteiger charge is -2.17. The first kappa shape index (κ1) is 16.2. The molecule has 2 aromatic carbocycles. The maximum Gasteiger partial charge on any atom is 0.310 e. The fourth-order valence-electron chi connectivity index (χ4n) is 3.39. The number of hydrogen-bond acceptors (Lipinski definition) is 4. The van der Waals surface area contributed by atoms with Gasteiger partial charge in [0.15, 0.2) is 0 Å². The Labute approximate surface area is 142 Å². The number of esters is 1. The predicted molar refractivity (Wildman–Crippen MR) is 91.1 cm³/mol. The van der Waals surface area contributed by atoms with Gasteiger partial charge in [0, 0.05) is 25.6 Å². The normalized spacial score (nSPS) is 20.5. The van der Waals surface area contributed by atoms with Crippen LogP contribution in [-0.4, -0.2) is 31.1 Å². The number of likely N-dealkylation sites (tertiary alicyclic amines) is 1. The van der Waals surface area contributed by atoms with Crippen molar-refractivity contribution in [2.24, 2.45) is 5.92 Å². The molecule has 3 rings (SSSR count). The number of methoxy groups -OCH3 is 1. The van der Waals surface area contributed by atoms with Crippen LogP contribution in [0.15, 0.2) is 54.6 Å². The Morgan fingerprint density at radius 3 is 2.50 bits per heavy atom. The maximum absolute atomic E-state index is 12.2. The number of rotatable bonds is 4. The second kappa shape index (κ2) is 7.29. The molecule has 24 heavy (non-hydrogen) atoms. The fraction of sp³-hybridized carbons (Fsp3) is 0.300. The number of nitrogens with zero attached hydrogens (tertiary/aromatic N) is 2. The van der Waals surface area contributed by atoms with Gasteiger partial charge in [-0.3, -0.25) is 9.69 Å². The van der Waals surface area contributed by atoms with E-state index < -0.39 is 0 Å². The van der Waals surface area contributed by atoms with E-state index in [2.05, 4.69) is 23.1 Å². The van der Waals surface area contributed by atoms with Gasteiger partial charge in [-0.25, -0.2) is 0 Å². The summed E-state index contributed by atoms with van der Waals surface area (Å²) in [6, 6.07) is 19.9. The van der Waals surface area contributed by atoms with Crippen LogP contribution in [0.2, 0.25) is 0 Å². The van der Waals surface area contributed by atoms with Crippen molar-refractivity contribution in [1.29, 1.82) is 5.26 Å². The third-order valence-electron chi connectivity index (χ3n) is 4.62. The van der Waals surface area contributed by atoms with Crippen molar-refractivity contribution < 1.29 is 9.53 Å². The molecule has 0 aliphatic carbocycles. The third-order valence-corrected chi connectivity index (χ3v) is 4.62. The van der Waals surface area contributed by atoms with Crippen LogP contribution in [0, 0.1) is 17.2 Å². The van der Waals surface area contributed by atoms with Crippen LogP contribution in [0.4, 0.5) is 0 Å². The molecule has 0 N–H and O–H groups in total. The number of carbonyl (C=O) groups is 1. The summed E-state index contributed by atoms with van der Waals surface area (Å²) in [7, 11) is 1.44. The van der Waals surface area contributed by atoms with Crippen LogP contribution in [0.1, 0.15) is 22.6 Å². The van der Waals surface area contributed by atoms with Crippen molar-refractivity contribution in [3.05, 3.63) is 71.3 Å². The molecular weight excluding hydrogens is 300 g/mol. The van der Waals surface area contributed by atoms with Gasteiger partial charge >= 0.3 is 5.97 Å². The molecule has 0 spiro atoms. The van der Waals surface area contributed by atoms with Crippen molar-refractivity contribution in [1.82, 2.24) is 4.90 Å². The van der Waals surface area contributed by atoms with Crippen LogP contribution in [0.3, 0.4) is 0 Å². The van der Waals surface area contributed by atoms with Gasteiger partial charge in [0.25, 0.3) is 0 Å². The topological polar surface area (TPSA) is 53.3 Å². The molecule has 1 fully saturated rings. The maximum atomic E-state index is 12.2. The second-order valence-corrected chi connectivity index (χ2v) is 6.15. The highest BCUT2D eigenvalue weighted by molar-refractivity contribution is 5.74. The zero-order chi connectivity index (χ0) is 16.9. The molecule has 1 aliphatic rings. The Hall–Kier alpha value is -2.64. The summed E-state index contributed by atoms with van der Waals surface area (Å²) in [5.74, 6) is -0.250. The molecule has 0 radical (unpaired) electrons. The average Bonchev–Trinajstić information content (AvgIpc) is 3.05. The quantitative estimate of drug-likeness (QED) is 0.813. The first-order chi connectivity index (χ1) is 11.7. The highest BCUT2D eigenvalue weighted by atomic mass is 16.5. The fourth-order valence-corrected chi connectivity index (χ4v) is 3.39. The molecule has 0 amide bonds. The van der Waals surface area contributed by atoms with Gasteiger partial charge in [0.05, 0.1) is 24.7 Å². The Morgan fingerprint density at radius 1 is 1.17 bits per heavy atom. The van der Waals surface area contributed by atoms with Gasteiger partial charge in [0.2, 0.25) is 0 Å². The van der Waals surface area contributed by atoms with Gasteiger partial charge in [-0.05, 0) is 23.3 Å². The molecule has 2 atom stereocenters. The molecule has 0 aromatic heterocycles. The molecule has 4 nitrogen and oxygen atoms in total. The Balaban J connectivity index is 1.80. The molecule has 0 bridgehead atoms. The van der Waals surface area contributed by atoms with E-state index in [-0.39, 0.29) is 17.8 Å². The lowest BCUT2D eigenvalue weighted by atomic mass is 9.88. The van der Waals surface area contributed by atoms with E-state index in [1.807, 2.05) is 42.5 Å². The summed E-state index contributed by atoms with van der Waals surface area (Å²) < 4.78 is 5.01. The van der Waals surface area contributed by atoms with E-state index in [1.165, 1.54) is 12.7 Å². The van der Waals surface area contributed by atoms with Gasteiger partial charge in [-0.15, -0.1) is 0 Å². The minimum Gasteiger partial charge on any atom is -0.469 e. The molecule has 2 aromatic rings. The van der Waals surface area contributed by atoms with E-state index in [1.54, 1.807) is 0 Å². The number of ether oxygens (including phenoxy) is 1. The average molecular weight is 320 g/mol. The van der Waals surface area contributed by atoms with E-state index in [0.29, 0.717) is 12.1 Å². The molecule has 1 aliphatic heterocycles. The molecule has 1 saturated heterocycles.